The van der Waals surface area contributed by atoms with Gasteiger partial charge >= 0.3 is 23.9 Å². The van der Waals surface area contributed by atoms with Crippen LogP contribution in [0.4, 0.5) is 0 Å². The fourth-order valence-corrected chi connectivity index (χ4v) is 2.41. The summed E-state index contributed by atoms with van der Waals surface area (Å²) in [6.07, 6.45) is 0. The number of benzene rings is 1. The van der Waals surface area contributed by atoms with Crippen molar-refractivity contribution in [1.82, 2.24) is 0 Å². The van der Waals surface area contributed by atoms with Crippen molar-refractivity contribution in [2.75, 3.05) is 0 Å². The molecule has 2 rings (SSSR count). The Hall–Kier alpha value is -3.82. The van der Waals surface area contributed by atoms with Crippen LogP contribution in [0.2, 0.25) is 0 Å². The van der Waals surface area contributed by atoms with Crippen LogP contribution in [0.5, 0.6) is 0 Å². The summed E-state index contributed by atoms with van der Waals surface area (Å²) < 4.78 is 0. The highest BCUT2D eigenvalue weighted by Gasteiger charge is 2.38. The molecule has 0 fully saturated rings. The van der Waals surface area contributed by atoms with E-state index in [4.69, 9.17) is 26.1 Å². The Morgan fingerprint density at radius 1 is 0.708 bits per heavy atom. The lowest BCUT2D eigenvalue weighted by atomic mass is 9.79. The summed E-state index contributed by atoms with van der Waals surface area (Å²) in [4.78, 5) is 45.2. The predicted molar refractivity (Wildman–Crippen MR) is 76.3 cm³/mol. The van der Waals surface area contributed by atoms with E-state index < -0.39 is 63.1 Å². The molecule has 0 heterocycles. The molecule has 1 aromatic rings. The molecule has 10 nitrogen and oxygen atoms in total. The molecule has 0 unspecified atom stereocenters. The number of nitrogens with one attached hydrogen (secondary N) is 2. The van der Waals surface area contributed by atoms with Crippen molar-refractivity contribution < 1.29 is 39.6 Å². The number of carbonyl (C=O) groups is 4. The largest absolute Gasteiger partial charge is 0.478 e. The molecular weight excluding hydrogens is 324 g/mol. The van der Waals surface area contributed by atoms with Gasteiger partial charge in [-0.25, -0.2) is 19.2 Å². The summed E-state index contributed by atoms with van der Waals surface area (Å²) in [5.74, 6) is -6.98. The van der Waals surface area contributed by atoms with Crippen molar-refractivity contribution >= 4 is 35.3 Å². The summed E-state index contributed by atoms with van der Waals surface area (Å²) in [6, 6.07) is 1.83. The Kier molecular flexibility index (Phi) is 3.74. The number of hydrogen-bond donors (Lipinski definition) is 6. The molecule has 0 amide bonds. The van der Waals surface area contributed by atoms with Crippen LogP contribution in [0.25, 0.3) is 0 Å². The van der Waals surface area contributed by atoms with Crippen LogP contribution < -0.4 is 0 Å². The van der Waals surface area contributed by atoms with Gasteiger partial charge in [-0.15, -0.1) is 0 Å². The molecule has 0 radical (unpaired) electrons. The van der Waals surface area contributed by atoms with Crippen molar-refractivity contribution in [1.29, 1.82) is 10.8 Å². The molecule has 1 aliphatic rings. The average molecular weight is 332 g/mol. The molecule has 24 heavy (non-hydrogen) atoms. The van der Waals surface area contributed by atoms with Gasteiger partial charge in [-0.05, 0) is 6.07 Å². The van der Waals surface area contributed by atoms with Crippen molar-refractivity contribution in [3.63, 3.8) is 0 Å². The second kappa shape index (κ2) is 5.43. The Balaban J connectivity index is 2.98. The normalized spacial score (nSPS) is 13.5. The minimum atomic E-state index is -1.84. The molecule has 0 bridgehead atoms. The van der Waals surface area contributed by atoms with Crippen LogP contribution in [0.1, 0.15) is 31.8 Å². The molecule has 6 N–H and O–H groups in total. The van der Waals surface area contributed by atoms with Crippen molar-refractivity contribution in [2.45, 2.75) is 0 Å². The number of rotatable bonds is 4. The lowest BCUT2D eigenvalue weighted by Crippen LogP contribution is -2.32. The Bertz CT molecular complexity index is 910. The number of hydrogen-bond acceptors (Lipinski definition) is 6. The minimum absolute atomic E-state index is 0.343. The van der Waals surface area contributed by atoms with Crippen LogP contribution in [0.3, 0.4) is 0 Å². The summed E-state index contributed by atoms with van der Waals surface area (Å²) in [7, 11) is 0. The van der Waals surface area contributed by atoms with E-state index in [0.717, 1.165) is 12.1 Å². The maximum atomic E-state index is 11.4. The van der Waals surface area contributed by atoms with Crippen LogP contribution in [-0.2, 0) is 9.59 Å². The fraction of sp³-hybridized carbons (Fsp3) is 0. The van der Waals surface area contributed by atoms with Gasteiger partial charge < -0.3 is 20.4 Å². The van der Waals surface area contributed by atoms with Gasteiger partial charge in [-0.1, -0.05) is 6.07 Å². The fourth-order valence-electron chi connectivity index (χ4n) is 2.41. The number of carboxylic acids is 4. The van der Waals surface area contributed by atoms with E-state index in [2.05, 4.69) is 0 Å². The number of fused-ring (bicyclic) bond motifs is 1. The van der Waals surface area contributed by atoms with E-state index in [1.807, 2.05) is 0 Å². The van der Waals surface area contributed by atoms with E-state index in [0.29, 0.717) is 0 Å². The van der Waals surface area contributed by atoms with E-state index in [-0.39, 0.29) is 5.56 Å². The maximum Gasteiger partial charge on any atom is 0.338 e. The van der Waals surface area contributed by atoms with Gasteiger partial charge in [0.15, 0.2) is 0 Å². The zero-order valence-electron chi connectivity index (χ0n) is 11.6. The molecular formula is C14H8N2O8. The number of carboxylic acid groups (broad SMARTS) is 4. The van der Waals surface area contributed by atoms with E-state index in [1.54, 1.807) is 0 Å². The highest BCUT2D eigenvalue weighted by atomic mass is 16.4. The van der Waals surface area contributed by atoms with Gasteiger partial charge in [0.1, 0.15) is 11.1 Å². The smallest absolute Gasteiger partial charge is 0.338 e. The third-order valence-electron chi connectivity index (χ3n) is 3.35. The van der Waals surface area contributed by atoms with Crippen LogP contribution >= 0.6 is 0 Å². The Morgan fingerprint density at radius 3 is 1.62 bits per heavy atom. The topological polar surface area (TPSA) is 197 Å². The Morgan fingerprint density at radius 2 is 1.21 bits per heavy atom. The first-order valence-corrected chi connectivity index (χ1v) is 6.12. The van der Waals surface area contributed by atoms with Gasteiger partial charge in [0.25, 0.3) is 0 Å². The summed E-state index contributed by atoms with van der Waals surface area (Å²) in [5.41, 5.74) is -6.39. The highest BCUT2D eigenvalue weighted by molar-refractivity contribution is 6.43. The number of aliphatic carboxylic acids is 2. The standard InChI is InChI=1S/C14H8N2O8/c15-9-3-1-2-4(11(17)18)6(12(19)20)5(3)10(16)8(14(23)24)7(9)13(21)22/h1-2,15-16H,(H,17,18)(H,19,20)(H,21,22)(H,23,24). The summed E-state index contributed by atoms with van der Waals surface area (Å²) in [6.45, 7) is 0. The van der Waals surface area contributed by atoms with Crippen molar-refractivity contribution in [2.24, 2.45) is 0 Å². The van der Waals surface area contributed by atoms with E-state index in [9.17, 15) is 24.3 Å². The molecule has 10 heteroatoms. The van der Waals surface area contributed by atoms with Gasteiger partial charge in [0.05, 0.1) is 22.6 Å². The van der Waals surface area contributed by atoms with Gasteiger partial charge in [0.2, 0.25) is 0 Å². The van der Waals surface area contributed by atoms with Gasteiger partial charge in [0, 0.05) is 11.1 Å². The van der Waals surface area contributed by atoms with E-state index in [1.165, 1.54) is 0 Å². The van der Waals surface area contributed by atoms with Crippen LogP contribution in [0, 0.1) is 10.8 Å². The third-order valence-corrected chi connectivity index (χ3v) is 3.35. The van der Waals surface area contributed by atoms with Crippen LogP contribution in [0.15, 0.2) is 23.3 Å². The molecule has 0 saturated carbocycles. The Labute approximate surface area is 132 Å². The van der Waals surface area contributed by atoms with Crippen molar-refractivity contribution in [3.05, 3.63) is 45.5 Å². The SMILES string of the molecule is N=C1C(C(=O)O)=C(C(=O)O)C(=N)c2c1ccc(C(=O)O)c2C(=O)O. The van der Waals surface area contributed by atoms with Crippen LogP contribution in [-0.4, -0.2) is 55.7 Å². The highest BCUT2D eigenvalue weighted by Crippen LogP contribution is 2.31. The lowest BCUT2D eigenvalue weighted by molar-refractivity contribution is -0.135. The van der Waals surface area contributed by atoms with Crippen molar-refractivity contribution in [3.8, 4) is 0 Å². The summed E-state index contributed by atoms with van der Waals surface area (Å²) >= 11 is 0. The third kappa shape index (κ3) is 2.22. The second-order valence-corrected chi connectivity index (χ2v) is 4.63. The minimum Gasteiger partial charge on any atom is -0.478 e. The first kappa shape index (κ1) is 16.5. The summed E-state index contributed by atoms with van der Waals surface area (Å²) in [5, 5.41) is 52.4. The molecule has 0 spiro atoms. The molecule has 122 valence electrons. The van der Waals surface area contributed by atoms with E-state index >= 15 is 0 Å². The first-order chi connectivity index (χ1) is 11.1. The zero-order valence-corrected chi connectivity index (χ0v) is 11.6. The lowest BCUT2D eigenvalue weighted by Gasteiger charge is -2.22. The molecule has 0 saturated heterocycles. The first-order valence-electron chi connectivity index (χ1n) is 6.12. The molecule has 1 aromatic carbocycles. The van der Waals surface area contributed by atoms with Gasteiger partial charge in [-0.3, -0.25) is 10.8 Å². The molecule has 1 aliphatic carbocycles. The molecule has 0 aliphatic heterocycles. The molecule has 0 atom stereocenters. The second-order valence-electron chi connectivity index (χ2n) is 4.63. The zero-order chi connectivity index (χ0) is 18.3. The number of aromatic carboxylic acids is 2. The van der Waals surface area contributed by atoms with Gasteiger partial charge in [-0.2, -0.15) is 0 Å². The monoisotopic (exact) mass is 332 g/mol. The quantitative estimate of drug-likeness (QED) is 0.452. The predicted octanol–water partition coefficient (Wildman–Crippen LogP) is 0.298. The maximum absolute atomic E-state index is 11.4. The molecule has 0 aromatic heterocycles. The average Bonchev–Trinajstić information content (AvgIpc) is 2.47.